The number of nitrogens with zero attached hydrogens (tertiary/aromatic N) is 3. The van der Waals surface area contributed by atoms with Gasteiger partial charge in [-0.25, -0.2) is 4.98 Å². The zero-order chi connectivity index (χ0) is 30.4. The number of rotatable bonds is 14. The van der Waals surface area contributed by atoms with Crippen LogP contribution in [0.2, 0.25) is 0 Å². The smallest absolute Gasteiger partial charge is 0.206 e. The van der Waals surface area contributed by atoms with Gasteiger partial charge >= 0.3 is 0 Å². The Bertz CT molecular complexity index is 1480. The standard InChI is InChI=1S/C33H42N4O6/c1-33(40)30(39)29(21-38)43-31(33)37-26-14-8-7-13-25(26)35-32(37)34-20-24-15-16-27(42-22-23-11-5-4-6-12-23)28(19-24)41-18-10-9-17-36(2)3/h4-8,11-16,19,29-31,38-40H,9-10,17-18,20-22H2,1-3H3,(H,34,35). The molecule has 230 valence electrons. The van der Waals surface area contributed by atoms with Crippen molar-refractivity contribution in [1.82, 2.24) is 14.5 Å². The zero-order valence-electron chi connectivity index (χ0n) is 25.0. The largest absolute Gasteiger partial charge is 0.490 e. The second kappa shape index (κ2) is 13.7. The van der Waals surface area contributed by atoms with E-state index in [-0.39, 0.29) is 0 Å². The minimum Gasteiger partial charge on any atom is -0.490 e. The average Bonchev–Trinajstić information content (AvgIpc) is 3.48. The summed E-state index contributed by atoms with van der Waals surface area (Å²) >= 11 is 0. The Labute approximate surface area is 252 Å². The summed E-state index contributed by atoms with van der Waals surface area (Å²) in [5, 5.41) is 35.0. The van der Waals surface area contributed by atoms with E-state index >= 15 is 0 Å². The molecule has 4 N–H and O–H groups in total. The summed E-state index contributed by atoms with van der Waals surface area (Å²) < 4.78 is 20.1. The van der Waals surface area contributed by atoms with Crippen molar-refractivity contribution in [2.75, 3.05) is 39.2 Å². The molecule has 1 saturated heterocycles. The average molecular weight is 591 g/mol. The van der Waals surface area contributed by atoms with Gasteiger partial charge in [0.1, 0.15) is 24.4 Å². The molecule has 10 nitrogen and oxygen atoms in total. The van der Waals surface area contributed by atoms with Crippen LogP contribution in [-0.2, 0) is 17.9 Å². The van der Waals surface area contributed by atoms with Crippen LogP contribution in [-0.4, -0.2) is 81.4 Å². The molecule has 1 aliphatic rings. The highest BCUT2D eigenvalue weighted by atomic mass is 16.6. The summed E-state index contributed by atoms with van der Waals surface area (Å²) in [6, 6.07) is 23.4. The maximum atomic E-state index is 11.2. The number of unbranched alkanes of at least 4 members (excludes halogenated alkanes) is 1. The van der Waals surface area contributed by atoms with Crippen LogP contribution in [0, 0.1) is 0 Å². The van der Waals surface area contributed by atoms with E-state index in [0.29, 0.717) is 42.7 Å². The second-order valence-corrected chi connectivity index (χ2v) is 11.4. The first-order valence-electron chi connectivity index (χ1n) is 14.7. The molecule has 4 atom stereocenters. The molecular weight excluding hydrogens is 548 g/mol. The van der Waals surface area contributed by atoms with Crippen molar-refractivity contribution in [1.29, 1.82) is 0 Å². The van der Waals surface area contributed by atoms with Crippen LogP contribution in [0.4, 0.5) is 5.95 Å². The molecule has 0 spiro atoms. The minimum atomic E-state index is -1.65. The quantitative estimate of drug-likeness (QED) is 0.162. The number of aliphatic hydroxyl groups excluding tert-OH is 2. The van der Waals surface area contributed by atoms with Crippen molar-refractivity contribution in [3.8, 4) is 11.5 Å². The summed E-state index contributed by atoms with van der Waals surface area (Å²) in [6.07, 6.45) is -1.20. The summed E-state index contributed by atoms with van der Waals surface area (Å²) in [5.41, 5.74) is 1.80. The van der Waals surface area contributed by atoms with Gasteiger partial charge in [-0.15, -0.1) is 0 Å². The van der Waals surface area contributed by atoms with Gasteiger partial charge in [-0.05, 0) is 75.8 Å². The molecule has 1 fully saturated rings. The van der Waals surface area contributed by atoms with Crippen LogP contribution >= 0.6 is 0 Å². The molecule has 1 aromatic heterocycles. The second-order valence-electron chi connectivity index (χ2n) is 11.4. The predicted molar refractivity (Wildman–Crippen MR) is 165 cm³/mol. The summed E-state index contributed by atoms with van der Waals surface area (Å²) in [7, 11) is 4.13. The molecule has 1 aliphatic heterocycles. The van der Waals surface area contributed by atoms with Crippen molar-refractivity contribution in [3.05, 3.63) is 83.9 Å². The lowest BCUT2D eigenvalue weighted by Gasteiger charge is -2.29. The van der Waals surface area contributed by atoms with Gasteiger partial charge in [-0.3, -0.25) is 4.57 Å². The molecule has 0 saturated carbocycles. The number of hydrogen-bond donors (Lipinski definition) is 4. The molecule has 4 unspecified atom stereocenters. The lowest BCUT2D eigenvalue weighted by Crippen LogP contribution is -2.44. The lowest BCUT2D eigenvalue weighted by molar-refractivity contribution is -0.0939. The molecule has 43 heavy (non-hydrogen) atoms. The molecule has 0 radical (unpaired) electrons. The zero-order valence-corrected chi connectivity index (χ0v) is 25.0. The number of imidazole rings is 1. The molecular formula is C33H42N4O6. The van der Waals surface area contributed by atoms with Gasteiger partial charge < -0.3 is 39.7 Å². The highest BCUT2D eigenvalue weighted by molar-refractivity contribution is 5.79. The van der Waals surface area contributed by atoms with Gasteiger partial charge in [0, 0.05) is 6.54 Å². The Balaban J connectivity index is 1.36. The van der Waals surface area contributed by atoms with Crippen molar-refractivity contribution >= 4 is 17.0 Å². The number of anilines is 1. The summed E-state index contributed by atoms with van der Waals surface area (Å²) in [4.78, 5) is 6.92. The number of hydrogen-bond acceptors (Lipinski definition) is 9. The van der Waals surface area contributed by atoms with E-state index in [1.807, 2.05) is 72.8 Å². The summed E-state index contributed by atoms with van der Waals surface area (Å²) in [6.45, 7) is 3.50. The molecule has 0 aliphatic carbocycles. The Hall–Kier alpha value is -3.67. The first kappa shape index (κ1) is 30.8. The maximum Gasteiger partial charge on any atom is 0.206 e. The Kier molecular flexibility index (Phi) is 9.84. The van der Waals surface area contributed by atoms with Crippen LogP contribution < -0.4 is 14.8 Å². The van der Waals surface area contributed by atoms with Gasteiger partial charge in [0.25, 0.3) is 0 Å². The third-order valence-electron chi connectivity index (χ3n) is 7.72. The number of aromatic nitrogens is 2. The van der Waals surface area contributed by atoms with E-state index in [0.717, 1.165) is 36.0 Å². The first-order valence-corrected chi connectivity index (χ1v) is 14.7. The number of fused-ring (bicyclic) bond motifs is 1. The minimum absolute atomic E-state index is 0.403. The fourth-order valence-corrected chi connectivity index (χ4v) is 5.29. The highest BCUT2D eigenvalue weighted by Gasteiger charge is 2.53. The first-order chi connectivity index (χ1) is 20.8. The van der Waals surface area contributed by atoms with E-state index < -0.39 is 30.6 Å². The Morgan fingerprint density at radius 3 is 2.49 bits per heavy atom. The Morgan fingerprint density at radius 2 is 1.74 bits per heavy atom. The fraction of sp³-hybridized carbons (Fsp3) is 0.424. The SMILES string of the molecule is CN(C)CCCCOc1cc(CNc2nc3ccccc3n2C2OC(CO)C(O)C2(C)O)ccc1OCc1ccccc1. The summed E-state index contributed by atoms with van der Waals surface area (Å²) in [5.74, 6) is 1.81. The topological polar surface area (TPSA) is 121 Å². The fourth-order valence-electron chi connectivity index (χ4n) is 5.29. The molecule has 4 aromatic rings. The molecule has 0 bridgehead atoms. The maximum absolute atomic E-state index is 11.2. The number of aliphatic hydroxyl groups is 3. The number of para-hydroxylation sites is 2. The van der Waals surface area contributed by atoms with E-state index in [1.165, 1.54) is 6.92 Å². The van der Waals surface area contributed by atoms with E-state index in [2.05, 4.69) is 24.3 Å². The van der Waals surface area contributed by atoms with E-state index in [1.54, 1.807) is 4.57 Å². The van der Waals surface area contributed by atoms with Crippen molar-refractivity contribution in [2.45, 2.75) is 57.0 Å². The highest BCUT2D eigenvalue weighted by Crippen LogP contribution is 2.41. The van der Waals surface area contributed by atoms with Crippen LogP contribution in [0.25, 0.3) is 11.0 Å². The third kappa shape index (κ3) is 7.11. The lowest BCUT2D eigenvalue weighted by atomic mass is 9.96. The van der Waals surface area contributed by atoms with Crippen molar-refractivity contribution in [2.24, 2.45) is 0 Å². The molecule has 2 heterocycles. The van der Waals surface area contributed by atoms with Gasteiger partial charge in [-0.1, -0.05) is 48.5 Å². The molecule has 10 heteroatoms. The van der Waals surface area contributed by atoms with Gasteiger partial charge in [0.05, 0.1) is 24.2 Å². The number of nitrogens with one attached hydrogen (secondary N) is 1. The molecule has 0 amide bonds. The van der Waals surface area contributed by atoms with Gasteiger partial charge in [-0.2, -0.15) is 0 Å². The van der Waals surface area contributed by atoms with E-state index in [9.17, 15) is 15.3 Å². The van der Waals surface area contributed by atoms with Crippen LogP contribution in [0.5, 0.6) is 11.5 Å². The van der Waals surface area contributed by atoms with E-state index in [4.69, 9.17) is 19.2 Å². The van der Waals surface area contributed by atoms with Crippen LogP contribution in [0.3, 0.4) is 0 Å². The van der Waals surface area contributed by atoms with Crippen molar-refractivity contribution < 1.29 is 29.5 Å². The number of benzene rings is 3. The van der Waals surface area contributed by atoms with Crippen LogP contribution in [0.15, 0.2) is 72.8 Å². The predicted octanol–water partition coefficient (Wildman–Crippen LogP) is 3.95. The molecule has 3 aromatic carbocycles. The monoisotopic (exact) mass is 590 g/mol. The van der Waals surface area contributed by atoms with Gasteiger partial charge in [0.15, 0.2) is 17.7 Å². The van der Waals surface area contributed by atoms with Crippen LogP contribution in [0.1, 0.15) is 37.1 Å². The third-order valence-corrected chi connectivity index (χ3v) is 7.72. The number of ether oxygens (including phenoxy) is 3. The normalized spacial score (nSPS) is 21.9. The molecule has 5 rings (SSSR count). The van der Waals surface area contributed by atoms with Crippen molar-refractivity contribution in [3.63, 3.8) is 0 Å². The van der Waals surface area contributed by atoms with Gasteiger partial charge in [0.2, 0.25) is 5.95 Å². The Morgan fingerprint density at radius 1 is 0.977 bits per heavy atom.